The lowest BCUT2D eigenvalue weighted by atomic mass is 9.60. The van der Waals surface area contributed by atoms with Gasteiger partial charge in [0.25, 0.3) is 17.7 Å². The first-order chi connectivity index (χ1) is 29.5. The number of hydrogen-bond acceptors (Lipinski definition) is 12. The Kier molecular flexibility index (Phi) is 11.7. The molecular weight excluding hydrogens is 821 g/mol. The van der Waals surface area contributed by atoms with E-state index in [2.05, 4.69) is 15.5 Å². The van der Waals surface area contributed by atoms with Crippen LogP contribution in [0.2, 0.25) is 0 Å². The average Bonchev–Trinajstić information content (AvgIpc) is 3.77. The van der Waals surface area contributed by atoms with E-state index in [0.717, 1.165) is 54.1 Å². The summed E-state index contributed by atoms with van der Waals surface area (Å²) in [5.74, 6) is -3.62. The number of rotatable bonds is 13. The second-order valence-corrected chi connectivity index (χ2v) is 18.9. The fourth-order valence-corrected chi connectivity index (χ4v) is 10.8. The van der Waals surface area contributed by atoms with E-state index in [4.69, 9.17) is 9.47 Å². The van der Waals surface area contributed by atoms with Crippen LogP contribution in [0, 0.1) is 5.41 Å². The van der Waals surface area contributed by atoms with Crippen molar-refractivity contribution in [3.8, 4) is 11.5 Å². The van der Waals surface area contributed by atoms with E-state index in [1.165, 1.54) is 6.07 Å². The summed E-state index contributed by atoms with van der Waals surface area (Å²) >= 11 is 1.07. The Labute approximate surface area is 363 Å². The highest BCUT2D eigenvalue weighted by molar-refractivity contribution is 7.15. The summed E-state index contributed by atoms with van der Waals surface area (Å²) in [6.45, 7) is 2.36. The number of imide groups is 1. The molecule has 14 nitrogen and oxygen atoms in total. The Balaban J connectivity index is 0.880. The van der Waals surface area contributed by atoms with Gasteiger partial charge >= 0.3 is 0 Å². The SMILES string of the molecule is COc1cc(/C(=C/N(C)C)c2sc(C(=O)NC3CCN(C4CC5(C4)CN(c4ccc6c(c4)C(=O)N(C4CCC(=O)NC4=O)C6)C5)CC3(F)F)cc2C=O)cc(OC)c1CN(C)C. The van der Waals surface area contributed by atoms with Gasteiger partial charge in [-0.1, -0.05) is 6.07 Å². The predicted molar refractivity (Wildman–Crippen MR) is 230 cm³/mol. The van der Waals surface area contributed by atoms with Gasteiger partial charge in [0.05, 0.1) is 37.2 Å². The van der Waals surface area contributed by atoms with Gasteiger partial charge < -0.3 is 34.4 Å². The van der Waals surface area contributed by atoms with Crippen molar-refractivity contribution in [3.05, 3.63) is 80.2 Å². The fraction of sp³-hybridized carbons (Fsp3) is 0.489. The van der Waals surface area contributed by atoms with Crippen molar-refractivity contribution < 1.29 is 42.2 Å². The highest BCUT2D eigenvalue weighted by Gasteiger charge is 2.56. The summed E-state index contributed by atoms with van der Waals surface area (Å²) in [5, 5.41) is 4.95. The van der Waals surface area contributed by atoms with Crippen molar-refractivity contribution in [1.29, 1.82) is 0 Å². The molecule has 0 radical (unpaired) electrons. The number of alkyl halides is 2. The third-order valence-electron chi connectivity index (χ3n) is 12.9. The van der Waals surface area contributed by atoms with Crippen LogP contribution in [0.3, 0.4) is 0 Å². The zero-order valence-electron chi connectivity index (χ0n) is 35.9. The van der Waals surface area contributed by atoms with E-state index in [-0.39, 0.29) is 46.6 Å². The quantitative estimate of drug-likeness (QED) is 0.186. The standard InChI is InChI=1S/C45H53F2N7O7S/c1-50(2)20-32(27-13-35(60-5)33(21-51(3)4)36(14-27)61-6)40-28(22-55)15-37(62-40)42(58)48-38-11-12-52(25-45(38,46)47)30-17-44(18-30)23-53(24-44)29-8-7-26-19-54(43(59)31(26)16-29)34-9-10-39(56)49-41(34)57/h7-8,13-16,20,22,30,34,38H,9-12,17-19,21,23-25H2,1-6H3,(H,48,58)(H,49,56,57)/b32-20-. The second-order valence-electron chi connectivity index (χ2n) is 17.8. The molecule has 1 aliphatic carbocycles. The molecular formula is C45H53F2N7O7S. The van der Waals surface area contributed by atoms with Gasteiger partial charge in [0.1, 0.15) is 17.5 Å². The molecule has 2 unspecified atom stereocenters. The zero-order valence-corrected chi connectivity index (χ0v) is 36.7. The molecule has 1 aromatic heterocycles. The largest absolute Gasteiger partial charge is 0.496 e. The molecule has 5 aliphatic rings. The van der Waals surface area contributed by atoms with E-state index in [0.29, 0.717) is 65.4 Å². The lowest BCUT2D eigenvalue weighted by Gasteiger charge is -2.62. The maximum Gasteiger partial charge on any atom is 0.280 e. The highest BCUT2D eigenvalue weighted by Crippen LogP contribution is 2.52. The van der Waals surface area contributed by atoms with Crippen molar-refractivity contribution in [2.24, 2.45) is 5.41 Å². The number of nitrogens with zero attached hydrogens (tertiary/aromatic N) is 5. The van der Waals surface area contributed by atoms with Gasteiger partial charge in [-0.05, 0) is 81.2 Å². The molecule has 8 rings (SSSR count). The van der Waals surface area contributed by atoms with Crippen LogP contribution in [0.15, 0.2) is 42.6 Å². The number of carbonyl (C=O) groups excluding carboxylic acids is 5. The van der Waals surface area contributed by atoms with Gasteiger partial charge in [0, 0.05) is 98.2 Å². The van der Waals surface area contributed by atoms with Crippen molar-refractivity contribution in [2.75, 3.05) is 73.5 Å². The van der Waals surface area contributed by atoms with Crippen LogP contribution in [0.5, 0.6) is 11.5 Å². The fourth-order valence-electron chi connectivity index (χ4n) is 9.78. The van der Waals surface area contributed by atoms with Crippen LogP contribution in [-0.4, -0.2) is 142 Å². The number of carbonyl (C=O) groups is 5. The summed E-state index contributed by atoms with van der Waals surface area (Å²) in [6, 6.07) is 8.95. The van der Waals surface area contributed by atoms with Crippen LogP contribution in [-0.2, 0) is 22.7 Å². The number of likely N-dealkylation sites (tertiary alicyclic amines) is 1. The third kappa shape index (κ3) is 8.17. The van der Waals surface area contributed by atoms with E-state index in [9.17, 15) is 24.0 Å². The van der Waals surface area contributed by atoms with Crippen LogP contribution >= 0.6 is 11.3 Å². The first-order valence-corrected chi connectivity index (χ1v) is 21.7. The van der Waals surface area contributed by atoms with Gasteiger partial charge in [-0.25, -0.2) is 8.78 Å². The number of thiophene rings is 1. The van der Waals surface area contributed by atoms with Gasteiger partial charge in [0.2, 0.25) is 11.8 Å². The Morgan fingerprint density at radius 3 is 2.32 bits per heavy atom. The Bertz CT molecular complexity index is 2310. The van der Waals surface area contributed by atoms with Crippen LogP contribution in [0.1, 0.15) is 84.1 Å². The Morgan fingerprint density at radius 2 is 1.71 bits per heavy atom. The molecule has 5 heterocycles. The molecule has 0 bridgehead atoms. The third-order valence-corrected chi connectivity index (χ3v) is 14.0. The molecule has 1 saturated carbocycles. The molecule has 1 spiro atoms. The minimum absolute atomic E-state index is 0.00876. The number of amides is 4. The first-order valence-electron chi connectivity index (χ1n) is 20.8. The molecule has 330 valence electrons. The summed E-state index contributed by atoms with van der Waals surface area (Å²) in [5.41, 5.74) is 4.79. The number of nitrogens with one attached hydrogen (secondary N) is 2. The van der Waals surface area contributed by atoms with Gasteiger partial charge in [-0.3, -0.25) is 34.2 Å². The lowest BCUT2D eigenvalue weighted by Crippen LogP contribution is -2.69. The van der Waals surface area contributed by atoms with E-state index in [1.54, 1.807) is 19.1 Å². The van der Waals surface area contributed by atoms with E-state index in [1.807, 2.05) is 79.4 Å². The number of benzene rings is 2. The average molecular weight is 874 g/mol. The monoisotopic (exact) mass is 873 g/mol. The first kappa shape index (κ1) is 43.3. The highest BCUT2D eigenvalue weighted by atomic mass is 32.1. The number of methoxy groups -OCH3 is 2. The number of piperidine rings is 2. The lowest BCUT2D eigenvalue weighted by molar-refractivity contribution is -0.136. The minimum Gasteiger partial charge on any atom is -0.496 e. The molecule has 2 N–H and O–H groups in total. The smallest absolute Gasteiger partial charge is 0.280 e. The van der Waals surface area contributed by atoms with Crippen molar-refractivity contribution in [2.45, 2.75) is 69.2 Å². The maximum atomic E-state index is 15.9. The summed E-state index contributed by atoms with van der Waals surface area (Å²) < 4.78 is 43.3. The molecule has 4 amide bonds. The van der Waals surface area contributed by atoms with Crippen molar-refractivity contribution in [1.82, 2.24) is 30.2 Å². The normalized spacial score (nSPS) is 22.3. The topological polar surface area (TPSA) is 144 Å². The molecule has 4 aliphatic heterocycles. The van der Waals surface area contributed by atoms with Gasteiger partial charge in [0.15, 0.2) is 6.29 Å². The number of hydrogen-bond donors (Lipinski definition) is 2. The summed E-state index contributed by atoms with van der Waals surface area (Å²) in [4.78, 5) is 73.7. The number of aldehydes is 1. The molecule has 17 heteroatoms. The molecule has 2 aromatic carbocycles. The van der Waals surface area contributed by atoms with Crippen molar-refractivity contribution >= 4 is 52.5 Å². The Morgan fingerprint density at radius 1 is 1.00 bits per heavy atom. The molecule has 62 heavy (non-hydrogen) atoms. The number of fused-ring (bicyclic) bond motifs is 1. The van der Waals surface area contributed by atoms with Crippen LogP contribution < -0.4 is 25.0 Å². The second kappa shape index (κ2) is 16.7. The minimum atomic E-state index is -3.17. The predicted octanol–water partition coefficient (Wildman–Crippen LogP) is 4.46. The maximum absolute atomic E-state index is 15.9. The van der Waals surface area contributed by atoms with Crippen molar-refractivity contribution in [3.63, 3.8) is 0 Å². The number of ether oxygens (including phenoxy) is 2. The van der Waals surface area contributed by atoms with E-state index < -0.39 is 36.4 Å². The Hall–Kier alpha value is -5.39. The number of halogens is 2. The number of anilines is 1. The van der Waals surface area contributed by atoms with Gasteiger partial charge in [-0.15, -0.1) is 11.3 Å². The van der Waals surface area contributed by atoms with Gasteiger partial charge in [-0.2, -0.15) is 0 Å². The summed E-state index contributed by atoms with van der Waals surface area (Å²) in [7, 11) is 10.7. The molecule has 2 atom stereocenters. The summed E-state index contributed by atoms with van der Waals surface area (Å²) in [6.07, 6.45) is 4.67. The van der Waals surface area contributed by atoms with Crippen LogP contribution in [0.25, 0.3) is 5.57 Å². The molecule has 3 aromatic rings. The molecule has 3 saturated heterocycles. The van der Waals surface area contributed by atoms with Crippen LogP contribution in [0.4, 0.5) is 14.5 Å². The van der Waals surface area contributed by atoms with E-state index >= 15 is 8.78 Å². The molecule has 4 fully saturated rings. The zero-order chi connectivity index (χ0) is 44.2.